The highest BCUT2D eigenvalue weighted by Gasteiger charge is 2.08. The highest BCUT2D eigenvalue weighted by molar-refractivity contribution is 7.80. The molecule has 66 valence electrons. The highest BCUT2D eigenvalue weighted by Crippen LogP contribution is 2.27. The van der Waals surface area contributed by atoms with Crippen molar-refractivity contribution in [3.8, 4) is 0 Å². The Morgan fingerprint density at radius 2 is 2.00 bits per heavy atom. The summed E-state index contributed by atoms with van der Waals surface area (Å²) in [4.78, 5) is 0.681. The molecule has 0 bridgehead atoms. The summed E-state index contributed by atoms with van der Waals surface area (Å²) in [5, 5.41) is 2.96. The third kappa shape index (κ3) is 1.41. The number of hydrogen-bond donors (Lipinski definition) is 2. The van der Waals surface area contributed by atoms with Gasteiger partial charge in [-0.3, -0.25) is 0 Å². The monoisotopic (exact) mass is 185 g/mol. The maximum atomic E-state index is 13.2. The molecule has 0 radical (unpaired) electrons. The van der Waals surface area contributed by atoms with Gasteiger partial charge in [-0.25, -0.2) is 4.39 Å². The third-order valence-corrected chi connectivity index (χ3v) is 2.49. The molecule has 0 aliphatic rings. The largest absolute Gasteiger partial charge is 0.387 e. The molecule has 0 atom stereocenters. The summed E-state index contributed by atoms with van der Waals surface area (Å²) in [6.45, 7) is 3.47. The van der Waals surface area contributed by atoms with Gasteiger partial charge < -0.3 is 5.32 Å². The average molecular weight is 185 g/mol. The standard InChI is InChI=1S/C9H12FNS/c1-5-4-7(11-3)9(12)6(2)8(5)10/h4,11-12H,1-3H3. The van der Waals surface area contributed by atoms with Crippen molar-refractivity contribution in [2.75, 3.05) is 12.4 Å². The van der Waals surface area contributed by atoms with Crippen LogP contribution in [0.2, 0.25) is 0 Å². The minimum absolute atomic E-state index is 0.168. The number of halogens is 1. The second-order valence-electron chi connectivity index (χ2n) is 2.78. The average Bonchev–Trinajstić information content (AvgIpc) is 2.08. The van der Waals surface area contributed by atoms with E-state index in [-0.39, 0.29) is 5.82 Å². The molecule has 1 aromatic rings. The lowest BCUT2D eigenvalue weighted by atomic mass is 10.1. The number of anilines is 1. The van der Waals surface area contributed by atoms with Crippen LogP contribution in [0.5, 0.6) is 0 Å². The van der Waals surface area contributed by atoms with Crippen LogP contribution in [-0.2, 0) is 0 Å². The van der Waals surface area contributed by atoms with Crippen LogP contribution >= 0.6 is 12.6 Å². The van der Waals surface area contributed by atoms with Crippen molar-refractivity contribution in [1.29, 1.82) is 0 Å². The van der Waals surface area contributed by atoms with Gasteiger partial charge in [0.15, 0.2) is 0 Å². The quantitative estimate of drug-likeness (QED) is 0.641. The van der Waals surface area contributed by atoms with Crippen molar-refractivity contribution >= 4 is 18.3 Å². The van der Waals surface area contributed by atoms with Crippen molar-refractivity contribution in [2.45, 2.75) is 18.7 Å². The van der Waals surface area contributed by atoms with Crippen molar-refractivity contribution in [1.82, 2.24) is 0 Å². The zero-order chi connectivity index (χ0) is 9.30. The first-order chi connectivity index (χ1) is 5.57. The summed E-state index contributed by atoms with van der Waals surface area (Å²) in [5.41, 5.74) is 2.12. The maximum absolute atomic E-state index is 13.2. The fraction of sp³-hybridized carbons (Fsp3) is 0.333. The van der Waals surface area contributed by atoms with Gasteiger partial charge in [-0.1, -0.05) is 0 Å². The van der Waals surface area contributed by atoms with Crippen LogP contribution in [-0.4, -0.2) is 7.05 Å². The maximum Gasteiger partial charge on any atom is 0.130 e. The van der Waals surface area contributed by atoms with Crippen LogP contribution in [0.4, 0.5) is 10.1 Å². The Bertz CT molecular complexity index is 310. The van der Waals surface area contributed by atoms with Crippen LogP contribution in [0.1, 0.15) is 11.1 Å². The molecule has 0 saturated carbocycles. The molecule has 1 nitrogen and oxygen atoms in total. The molecule has 0 aliphatic carbocycles. The van der Waals surface area contributed by atoms with E-state index in [9.17, 15) is 4.39 Å². The van der Waals surface area contributed by atoms with Crippen LogP contribution in [0, 0.1) is 19.7 Å². The summed E-state index contributed by atoms with van der Waals surface area (Å²) in [5.74, 6) is -0.168. The lowest BCUT2D eigenvalue weighted by molar-refractivity contribution is 0.605. The lowest BCUT2D eigenvalue weighted by Gasteiger charge is -2.10. The van der Waals surface area contributed by atoms with Gasteiger partial charge in [-0.05, 0) is 25.5 Å². The Hall–Kier alpha value is -0.700. The molecule has 0 spiro atoms. The predicted molar refractivity (Wildman–Crippen MR) is 52.7 cm³/mol. The fourth-order valence-corrected chi connectivity index (χ4v) is 1.42. The van der Waals surface area contributed by atoms with Gasteiger partial charge in [-0.15, -0.1) is 12.6 Å². The Balaban J connectivity index is 3.39. The molecule has 0 aliphatic heterocycles. The number of thiol groups is 1. The first kappa shape index (κ1) is 9.39. The second kappa shape index (κ2) is 3.35. The predicted octanol–water partition coefficient (Wildman–Crippen LogP) is 2.77. The molecule has 1 aromatic carbocycles. The zero-order valence-corrected chi connectivity index (χ0v) is 8.30. The first-order valence-corrected chi connectivity index (χ1v) is 4.19. The van der Waals surface area contributed by atoms with Gasteiger partial charge in [0.2, 0.25) is 0 Å². The third-order valence-electron chi connectivity index (χ3n) is 1.92. The molecular weight excluding hydrogens is 173 g/mol. The van der Waals surface area contributed by atoms with E-state index in [4.69, 9.17) is 0 Å². The highest BCUT2D eigenvalue weighted by atomic mass is 32.1. The smallest absolute Gasteiger partial charge is 0.130 e. The molecule has 1 N–H and O–H groups in total. The van der Waals surface area contributed by atoms with E-state index in [1.165, 1.54) is 0 Å². The molecular formula is C9H12FNS. The molecule has 0 fully saturated rings. The van der Waals surface area contributed by atoms with Crippen molar-refractivity contribution in [3.63, 3.8) is 0 Å². The van der Waals surface area contributed by atoms with E-state index >= 15 is 0 Å². The van der Waals surface area contributed by atoms with Crippen LogP contribution in [0.3, 0.4) is 0 Å². The molecule has 12 heavy (non-hydrogen) atoms. The summed E-state index contributed by atoms with van der Waals surface area (Å²) >= 11 is 4.21. The van der Waals surface area contributed by atoms with E-state index in [2.05, 4.69) is 17.9 Å². The fourth-order valence-electron chi connectivity index (χ4n) is 1.14. The van der Waals surface area contributed by atoms with E-state index in [1.807, 2.05) is 0 Å². The van der Waals surface area contributed by atoms with Gasteiger partial charge in [0.25, 0.3) is 0 Å². The van der Waals surface area contributed by atoms with E-state index < -0.39 is 0 Å². The van der Waals surface area contributed by atoms with Gasteiger partial charge >= 0.3 is 0 Å². The Morgan fingerprint density at radius 1 is 1.42 bits per heavy atom. The SMILES string of the molecule is CNc1cc(C)c(F)c(C)c1S. The summed E-state index contributed by atoms with van der Waals surface area (Å²) in [6, 6.07) is 1.75. The number of nitrogens with one attached hydrogen (secondary N) is 1. The summed E-state index contributed by atoms with van der Waals surface area (Å²) in [6.07, 6.45) is 0. The van der Waals surface area contributed by atoms with E-state index in [1.54, 1.807) is 27.0 Å². The van der Waals surface area contributed by atoms with Crippen molar-refractivity contribution in [2.24, 2.45) is 0 Å². The molecule has 0 unspecified atom stereocenters. The van der Waals surface area contributed by atoms with E-state index in [0.29, 0.717) is 16.0 Å². The van der Waals surface area contributed by atoms with Gasteiger partial charge in [0, 0.05) is 23.2 Å². The lowest BCUT2D eigenvalue weighted by Crippen LogP contribution is -1.96. The minimum Gasteiger partial charge on any atom is -0.387 e. The number of aryl methyl sites for hydroxylation is 1. The molecule has 0 amide bonds. The second-order valence-corrected chi connectivity index (χ2v) is 3.23. The molecule has 0 heterocycles. The van der Waals surface area contributed by atoms with Crippen LogP contribution in [0.15, 0.2) is 11.0 Å². The molecule has 0 saturated heterocycles. The zero-order valence-electron chi connectivity index (χ0n) is 7.40. The molecule has 1 rings (SSSR count). The first-order valence-electron chi connectivity index (χ1n) is 3.74. The van der Waals surface area contributed by atoms with Gasteiger partial charge in [-0.2, -0.15) is 0 Å². The van der Waals surface area contributed by atoms with Crippen molar-refractivity contribution in [3.05, 3.63) is 23.0 Å². The number of rotatable bonds is 1. The minimum atomic E-state index is -0.168. The van der Waals surface area contributed by atoms with Crippen LogP contribution < -0.4 is 5.32 Å². The molecule has 0 aromatic heterocycles. The Kier molecular flexibility index (Phi) is 2.62. The summed E-state index contributed by atoms with van der Waals surface area (Å²) < 4.78 is 13.2. The number of benzene rings is 1. The molecule has 3 heteroatoms. The van der Waals surface area contributed by atoms with Crippen molar-refractivity contribution < 1.29 is 4.39 Å². The Labute approximate surface area is 77.4 Å². The summed E-state index contributed by atoms with van der Waals surface area (Å²) in [7, 11) is 1.80. The Morgan fingerprint density at radius 3 is 2.50 bits per heavy atom. The van der Waals surface area contributed by atoms with Gasteiger partial charge in [0.05, 0.1) is 0 Å². The topological polar surface area (TPSA) is 12.0 Å². The van der Waals surface area contributed by atoms with Crippen LogP contribution in [0.25, 0.3) is 0 Å². The number of hydrogen-bond acceptors (Lipinski definition) is 2. The van der Waals surface area contributed by atoms with Gasteiger partial charge in [0.1, 0.15) is 5.82 Å². The van der Waals surface area contributed by atoms with E-state index in [0.717, 1.165) is 5.69 Å². The normalized spacial score (nSPS) is 10.1.